The second-order valence-electron chi connectivity index (χ2n) is 6.16. The zero-order valence-electron chi connectivity index (χ0n) is 14.1. The quantitative estimate of drug-likeness (QED) is 0.756. The van der Waals surface area contributed by atoms with Crippen LogP contribution in [0.1, 0.15) is 31.7 Å². The highest BCUT2D eigenvalue weighted by molar-refractivity contribution is 5.83. The predicted molar refractivity (Wildman–Crippen MR) is 90.6 cm³/mol. The van der Waals surface area contributed by atoms with Crippen LogP contribution in [0.5, 0.6) is 0 Å². The molecule has 2 N–H and O–H groups in total. The summed E-state index contributed by atoms with van der Waals surface area (Å²) in [6.07, 6.45) is 1.15. The van der Waals surface area contributed by atoms with Crippen molar-refractivity contribution in [3.8, 4) is 0 Å². The van der Waals surface area contributed by atoms with Crippen LogP contribution in [0.2, 0.25) is 0 Å². The second kappa shape index (κ2) is 9.39. The van der Waals surface area contributed by atoms with Crippen LogP contribution in [0, 0.1) is 0 Å². The van der Waals surface area contributed by atoms with E-state index in [9.17, 15) is 9.59 Å². The van der Waals surface area contributed by atoms with Crippen molar-refractivity contribution in [2.75, 3.05) is 19.7 Å². The van der Waals surface area contributed by atoms with Crippen molar-refractivity contribution >= 4 is 11.9 Å². The lowest BCUT2D eigenvalue weighted by molar-refractivity contribution is -0.142. The van der Waals surface area contributed by atoms with Crippen LogP contribution in [-0.2, 0) is 20.9 Å². The molecule has 1 amide bonds. The molecule has 132 valence electrons. The molecule has 1 heterocycles. The fraction of sp³-hybridized carbons (Fsp3) is 0.556. The van der Waals surface area contributed by atoms with Crippen molar-refractivity contribution in [3.05, 3.63) is 35.9 Å². The number of carboxylic acids is 1. The highest BCUT2D eigenvalue weighted by Crippen LogP contribution is 2.13. The Balaban J connectivity index is 1.81. The zero-order valence-corrected chi connectivity index (χ0v) is 14.1. The van der Waals surface area contributed by atoms with E-state index in [1.807, 2.05) is 25.1 Å². The molecule has 2 atom stereocenters. The molecule has 1 saturated heterocycles. The molecular weight excluding hydrogens is 308 g/mol. The van der Waals surface area contributed by atoms with Gasteiger partial charge in [0.2, 0.25) is 5.91 Å². The number of hydrogen-bond acceptors (Lipinski definition) is 4. The number of hydrogen-bond donors (Lipinski definition) is 2. The van der Waals surface area contributed by atoms with Gasteiger partial charge in [-0.1, -0.05) is 43.7 Å². The summed E-state index contributed by atoms with van der Waals surface area (Å²) >= 11 is 0. The first-order valence-corrected chi connectivity index (χ1v) is 8.48. The Hall–Kier alpha value is -1.92. The molecule has 6 heteroatoms. The smallest absolute Gasteiger partial charge is 0.326 e. The fourth-order valence-electron chi connectivity index (χ4n) is 2.90. The average molecular weight is 334 g/mol. The van der Waals surface area contributed by atoms with Crippen LogP contribution in [0.25, 0.3) is 0 Å². The standard InChI is InChI=1S/C18H26N2O4/c1-2-6-16(18(22)23)19-17(21)11-15-13-20(9-10-24-15)12-14-7-4-3-5-8-14/h3-5,7-8,15-16H,2,6,9-13H2,1H3,(H,19,21)(H,22,23). The largest absolute Gasteiger partial charge is 0.480 e. The summed E-state index contributed by atoms with van der Waals surface area (Å²) in [4.78, 5) is 25.5. The Kier molecular flexibility index (Phi) is 7.21. The minimum atomic E-state index is -0.986. The first-order chi connectivity index (χ1) is 11.6. The van der Waals surface area contributed by atoms with Gasteiger partial charge in [0.05, 0.1) is 19.1 Å². The van der Waals surface area contributed by atoms with E-state index in [0.717, 1.165) is 13.1 Å². The molecule has 2 rings (SSSR count). The normalized spacial score (nSPS) is 19.6. The van der Waals surface area contributed by atoms with Crippen LogP contribution < -0.4 is 5.32 Å². The van der Waals surface area contributed by atoms with Gasteiger partial charge in [0.1, 0.15) is 6.04 Å². The minimum absolute atomic E-state index is 0.193. The van der Waals surface area contributed by atoms with E-state index in [1.54, 1.807) is 0 Å². The van der Waals surface area contributed by atoms with E-state index in [2.05, 4.69) is 22.3 Å². The second-order valence-corrected chi connectivity index (χ2v) is 6.16. The number of aliphatic carboxylic acids is 1. The van der Waals surface area contributed by atoms with Gasteiger partial charge in [-0.05, 0) is 12.0 Å². The number of amides is 1. The molecule has 0 aliphatic carbocycles. The molecule has 0 saturated carbocycles. The predicted octanol–water partition coefficient (Wildman–Crippen LogP) is 1.65. The molecule has 0 spiro atoms. The Morgan fingerprint density at radius 1 is 1.38 bits per heavy atom. The van der Waals surface area contributed by atoms with Gasteiger partial charge in [0.15, 0.2) is 0 Å². The minimum Gasteiger partial charge on any atom is -0.480 e. The SMILES string of the molecule is CCCC(NC(=O)CC1CN(Cc2ccccc2)CCO1)C(=O)O. The van der Waals surface area contributed by atoms with Crippen molar-refractivity contribution < 1.29 is 19.4 Å². The molecule has 1 fully saturated rings. The number of carbonyl (C=O) groups is 2. The van der Waals surface area contributed by atoms with Gasteiger partial charge in [-0.2, -0.15) is 0 Å². The fourth-order valence-corrected chi connectivity index (χ4v) is 2.90. The zero-order chi connectivity index (χ0) is 17.4. The Labute approximate surface area is 142 Å². The molecule has 1 aromatic rings. The number of nitrogens with zero attached hydrogens (tertiary/aromatic N) is 1. The van der Waals surface area contributed by atoms with E-state index >= 15 is 0 Å². The van der Waals surface area contributed by atoms with Crippen LogP contribution >= 0.6 is 0 Å². The monoisotopic (exact) mass is 334 g/mol. The Morgan fingerprint density at radius 3 is 2.79 bits per heavy atom. The summed E-state index contributed by atoms with van der Waals surface area (Å²) in [5, 5.41) is 11.7. The summed E-state index contributed by atoms with van der Waals surface area (Å²) in [5.74, 6) is -1.25. The number of morpholine rings is 1. The van der Waals surface area contributed by atoms with Gasteiger partial charge in [-0.25, -0.2) is 4.79 Å². The van der Waals surface area contributed by atoms with Crippen LogP contribution in [0.15, 0.2) is 30.3 Å². The van der Waals surface area contributed by atoms with Crippen molar-refractivity contribution in [1.82, 2.24) is 10.2 Å². The van der Waals surface area contributed by atoms with Gasteiger partial charge >= 0.3 is 5.97 Å². The van der Waals surface area contributed by atoms with E-state index in [1.165, 1.54) is 5.56 Å². The van der Waals surface area contributed by atoms with Gasteiger partial charge in [0, 0.05) is 19.6 Å². The molecule has 1 aliphatic rings. The number of benzene rings is 1. The molecule has 6 nitrogen and oxygen atoms in total. The van der Waals surface area contributed by atoms with Crippen molar-refractivity contribution in [2.45, 2.75) is 44.9 Å². The summed E-state index contributed by atoms with van der Waals surface area (Å²) in [5.41, 5.74) is 1.23. The first-order valence-electron chi connectivity index (χ1n) is 8.48. The third kappa shape index (κ3) is 5.94. The maximum absolute atomic E-state index is 12.1. The molecule has 2 unspecified atom stereocenters. The molecule has 1 aliphatic heterocycles. The van der Waals surface area contributed by atoms with Crippen LogP contribution in [-0.4, -0.2) is 53.7 Å². The maximum Gasteiger partial charge on any atom is 0.326 e. The van der Waals surface area contributed by atoms with Crippen LogP contribution in [0.4, 0.5) is 0 Å². The number of nitrogens with one attached hydrogen (secondary N) is 1. The highest BCUT2D eigenvalue weighted by Gasteiger charge is 2.25. The van der Waals surface area contributed by atoms with Crippen molar-refractivity contribution in [1.29, 1.82) is 0 Å². The summed E-state index contributed by atoms with van der Waals surface area (Å²) in [6.45, 7) is 4.82. The van der Waals surface area contributed by atoms with Gasteiger partial charge in [0.25, 0.3) is 0 Å². The molecule has 1 aromatic carbocycles. The molecular formula is C18H26N2O4. The number of carboxylic acid groups (broad SMARTS) is 1. The van der Waals surface area contributed by atoms with Gasteiger partial charge in [-0.15, -0.1) is 0 Å². The lowest BCUT2D eigenvalue weighted by Crippen LogP contribution is -2.46. The number of rotatable bonds is 8. The highest BCUT2D eigenvalue weighted by atomic mass is 16.5. The Bertz CT molecular complexity index is 535. The summed E-state index contributed by atoms with van der Waals surface area (Å²) in [6, 6.07) is 9.37. The van der Waals surface area contributed by atoms with Crippen molar-refractivity contribution in [2.24, 2.45) is 0 Å². The van der Waals surface area contributed by atoms with E-state index in [4.69, 9.17) is 9.84 Å². The van der Waals surface area contributed by atoms with Crippen molar-refractivity contribution in [3.63, 3.8) is 0 Å². The lowest BCUT2D eigenvalue weighted by atomic mass is 10.1. The average Bonchev–Trinajstić information content (AvgIpc) is 2.55. The number of ether oxygens (including phenoxy) is 1. The van der Waals surface area contributed by atoms with Gasteiger partial charge in [-0.3, -0.25) is 9.69 Å². The van der Waals surface area contributed by atoms with E-state index < -0.39 is 12.0 Å². The molecule has 24 heavy (non-hydrogen) atoms. The first kappa shape index (κ1) is 18.4. The number of carbonyl (C=O) groups excluding carboxylic acids is 1. The topological polar surface area (TPSA) is 78.9 Å². The van der Waals surface area contributed by atoms with E-state index in [-0.39, 0.29) is 18.4 Å². The maximum atomic E-state index is 12.1. The Morgan fingerprint density at radius 2 is 2.12 bits per heavy atom. The lowest BCUT2D eigenvalue weighted by Gasteiger charge is -2.32. The summed E-state index contributed by atoms with van der Waals surface area (Å²) in [7, 11) is 0. The molecule has 0 aromatic heterocycles. The van der Waals surface area contributed by atoms with Crippen LogP contribution in [0.3, 0.4) is 0 Å². The molecule has 0 radical (unpaired) electrons. The van der Waals surface area contributed by atoms with Gasteiger partial charge < -0.3 is 15.2 Å². The third-order valence-electron chi connectivity index (χ3n) is 4.10. The van der Waals surface area contributed by atoms with E-state index in [0.29, 0.717) is 26.0 Å². The molecule has 0 bridgehead atoms. The summed E-state index contributed by atoms with van der Waals surface area (Å²) < 4.78 is 5.67. The third-order valence-corrected chi connectivity index (χ3v) is 4.10.